The fourth-order valence-electron chi connectivity index (χ4n) is 0. The van der Waals surface area contributed by atoms with Crippen molar-refractivity contribution in [2.24, 2.45) is 0 Å². The first-order valence-corrected chi connectivity index (χ1v) is 0.378. The summed E-state index contributed by atoms with van der Waals surface area (Å²) in [6.45, 7) is 0. The van der Waals surface area contributed by atoms with Crippen LogP contribution in [0.4, 0.5) is 4.39 Å². The molecule has 0 saturated carbocycles. The minimum absolute atomic E-state index is 0. The molecular weight excluding hydrogens is 65.8 g/mol. The first kappa shape index (κ1) is 80.5. The molecule has 0 aromatic rings. The van der Waals surface area contributed by atoms with Gasteiger partial charge in [-0.2, -0.15) is 0 Å². The van der Waals surface area contributed by atoms with Crippen LogP contribution < -0.4 is 0 Å². The van der Waals surface area contributed by atoms with Crippen molar-refractivity contribution in [3.05, 3.63) is 0 Å². The van der Waals surface area contributed by atoms with Gasteiger partial charge in [0.2, 0.25) is 0 Å². The van der Waals surface area contributed by atoms with E-state index in [1.54, 1.807) is 0 Å². The van der Waals surface area contributed by atoms with E-state index in [9.17, 15) is 4.39 Å². The Morgan fingerprint density at radius 3 is 1.00 bits per heavy atom. The zero-order chi connectivity index (χ0) is 2.00. The molecule has 0 fully saturated rings. The molecule has 0 heterocycles. The lowest BCUT2D eigenvalue weighted by molar-refractivity contribution is 0.636. The van der Waals surface area contributed by atoms with Gasteiger partial charge in [-0.15, -0.1) is 0 Å². The molecule has 0 aliphatic rings. The van der Waals surface area contributed by atoms with Gasteiger partial charge in [-0.05, 0) is 0 Å². The van der Waals surface area contributed by atoms with Gasteiger partial charge in [0.15, 0.2) is 0 Å². The van der Waals surface area contributed by atoms with Crippen LogP contribution in [0, 0.1) is 0 Å². The van der Waals surface area contributed by atoms with Crippen LogP contribution in [0.25, 0.3) is 0 Å². The van der Waals surface area contributed by atoms with E-state index >= 15 is 0 Å². The molecule has 33 valence electrons. The molecule has 2 heteroatoms. The van der Waals surface area contributed by atoms with E-state index in [2.05, 4.69) is 0 Å². The predicted octanol–water partition coefficient (Wildman–Crippen LogP) is 1.48. The summed E-state index contributed by atoms with van der Waals surface area (Å²) in [4.78, 5) is 0. The highest BCUT2D eigenvalue weighted by Crippen LogP contribution is 1.16. The standard InChI is InChI=1S/CH3F.2CH4.B/c1-2;;;/h1H3;2*1H4;. The van der Waals surface area contributed by atoms with Crippen LogP contribution >= 0.6 is 0 Å². The Morgan fingerprint density at radius 1 is 1.00 bits per heavy atom. The quantitative estimate of drug-likeness (QED) is 0.384. The summed E-state index contributed by atoms with van der Waals surface area (Å²) in [6, 6.07) is 0. The third-order valence-corrected chi connectivity index (χ3v) is 0. The topological polar surface area (TPSA) is 0 Å². The number of hydrogen-bond donors (Lipinski definition) is 0. The van der Waals surface area contributed by atoms with Crippen molar-refractivity contribution in [2.45, 2.75) is 14.9 Å². The van der Waals surface area contributed by atoms with Gasteiger partial charge < -0.3 is 0 Å². The van der Waals surface area contributed by atoms with Crippen LogP contribution in [0.1, 0.15) is 14.9 Å². The fraction of sp³-hybridized carbons (Fsp3) is 1.00. The molecule has 0 saturated heterocycles. The monoisotopic (exact) mass is 77.1 g/mol. The third-order valence-electron chi connectivity index (χ3n) is 0. The first-order valence-electron chi connectivity index (χ1n) is 0.378. The first-order chi connectivity index (χ1) is 1.00. The van der Waals surface area contributed by atoms with Gasteiger partial charge in [-0.3, -0.25) is 4.39 Å². The number of alkyl halides is 1. The van der Waals surface area contributed by atoms with E-state index < -0.39 is 0 Å². The lowest BCUT2D eigenvalue weighted by Crippen LogP contribution is -0.939. The van der Waals surface area contributed by atoms with Gasteiger partial charge >= 0.3 is 0 Å². The molecule has 0 aliphatic carbocycles. The van der Waals surface area contributed by atoms with E-state index in [1.165, 1.54) is 0 Å². The van der Waals surface area contributed by atoms with E-state index in [-0.39, 0.29) is 23.3 Å². The average molecular weight is 76.9 g/mol. The summed E-state index contributed by atoms with van der Waals surface area (Å²) in [7, 11) is 0.500. The van der Waals surface area contributed by atoms with Gasteiger partial charge in [0.05, 0.1) is 7.18 Å². The molecule has 3 radical (unpaired) electrons. The van der Waals surface area contributed by atoms with Crippen LogP contribution in [0.2, 0.25) is 0 Å². The molecule has 0 aromatic heterocycles. The van der Waals surface area contributed by atoms with E-state index in [0.29, 0.717) is 7.18 Å². The molecule has 0 bridgehead atoms. The number of halogens is 1. The highest BCUT2D eigenvalue weighted by atomic mass is 19.1. The van der Waals surface area contributed by atoms with Crippen LogP contribution in [0.15, 0.2) is 0 Å². The van der Waals surface area contributed by atoms with Crippen LogP contribution in [-0.2, 0) is 0 Å². The summed E-state index contributed by atoms with van der Waals surface area (Å²) in [5, 5.41) is 0. The maximum atomic E-state index is 9.50. The van der Waals surface area contributed by atoms with Crippen molar-refractivity contribution in [1.29, 1.82) is 0 Å². The van der Waals surface area contributed by atoms with Crippen molar-refractivity contribution in [3.63, 3.8) is 0 Å². The number of hydrogen-bond acceptors (Lipinski definition) is 0. The molecular formula is C3H11BF. The number of rotatable bonds is 0. The minimum atomic E-state index is 0. The van der Waals surface area contributed by atoms with Crippen LogP contribution in [-0.4, -0.2) is 15.6 Å². The predicted molar refractivity (Wildman–Crippen MR) is 26.2 cm³/mol. The van der Waals surface area contributed by atoms with Gasteiger partial charge in [0, 0.05) is 8.41 Å². The molecule has 0 aromatic carbocycles. The van der Waals surface area contributed by atoms with Gasteiger partial charge in [-0.1, -0.05) is 14.9 Å². The molecule has 0 unspecified atom stereocenters. The summed E-state index contributed by atoms with van der Waals surface area (Å²) < 4.78 is 9.50. The molecule has 0 aliphatic heterocycles. The smallest absolute Gasteiger partial charge is 0.0785 e. The second-order valence-electron chi connectivity index (χ2n) is 0. The second-order valence-corrected chi connectivity index (χ2v) is 0. The van der Waals surface area contributed by atoms with Crippen molar-refractivity contribution < 1.29 is 4.39 Å². The van der Waals surface area contributed by atoms with Crippen molar-refractivity contribution >= 4 is 8.41 Å². The fourth-order valence-corrected chi connectivity index (χ4v) is 0. The molecule has 0 rings (SSSR count). The second kappa shape index (κ2) is 1400000. The Bertz CT molecular complexity index is 6.85. The van der Waals surface area contributed by atoms with Gasteiger partial charge in [0.1, 0.15) is 0 Å². The Morgan fingerprint density at radius 2 is 1.00 bits per heavy atom. The summed E-state index contributed by atoms with van der Waals surface area (Å²) >= 11 is 0. The highest BCUT2D eigenvalue weighted by Gasteiger charge is 0.926. The van der Waals surface area contributed by atoms with E-state index in [1.807, 2.05) is 0 Å². The third kappa shape index (κ3) is 620000. The Labute approximate surface area is 36.0 Å². The minimum Gasteiger partial charge on any atom is -0.255 e. The summed E-state index contributed by atoms with van der Waals surface area (Å²) in [5.74, 6) is 0. The van der Waals surface area contributed by atoms with E-state index in [4.69, 9.17) is 0 Å². The van der Waals surface area contributed by atoms with Crippen LogP contribution in [0.5, 0.6) is 0 Å². The SMILES string of the molecule is C.C.CF.[B]. The zero-order valence-corrected chi connectivity index (χ0v) is 1.96. The Balaban J connectivity index is -0.00000000167. The van der Waals surface area contributed by atoms with Crippen molar-refractivity contribution in [3.8, 4) is 0 Å². The largest absolute Gasteiger partial charge is 0.255 e. The maximum Gasteiger partial charge on any atom is 0.0785 e. The maximum absolute atomic E-state index is 9.50. The Kier molecular flexibility index (Phi) is 22500000. The summed E-state index contributed by atoms with van der Waals surface area (Å²) in [5.41, 5.74) is 0. The lowest BCUT2D eigenvalue weighted by atomic mass is 10.8. The molecule has 0 N–H and O–H groups in total. The average Bonchev–Trinajstić information content (AvgIpc) is 1.00. The molecule has 0 spiro atoms. The van der Waals surface area contributed by atoms with Crippen LogP contribution in [0.3, 0.4) is 0 Å². The normalized spacial score (nSPS) is 1.20. The Hall–Kier alpha value is -0.00506. The molecule has 5 heavy (non-hydrogen) atoms. The zero-order valence-electron chi connectivity index (χ0n) is 1.96. The molecule has 0 atom stereocenters. The van der Waals surface area contributed by atoms with Gasteiger partial charge in [0.25, 0.3) is 0 Å². The summed E-state index contributed by atoms with van der Waals surface area (Å²) in [6.07, 6.45) is 0. The van der Waals surface area contributed by atoms with Crippen molar-refractivity contribution in [1.82, 2.24) is 0 Å². The highest BCUT2D eigenvalue weighted by molar-refractivity contribution is 5.75. The van der Waals surface area contributed by atoms with Crippen molar-refractivity contribution in [2.75, 3.05) is 7.18 Å². The van der Waals surface area contributed by atoms with Gasteiger partial charge in [-0.25, -0.2) is 0 Å². The molecule has 0 amide bonds. The van der Waals surface area contributed by atoms with E-state index in [0.717, 1.165) is 0 Å². The lowest BCUT2D eigenvalue weighted by Gasteiger charge is -1.10. The molecule has 0 nitrogen and oxygen atoms in total.